The minimum atomic E-state index is -0.415. The van der Waals surface area contributed by atoms with Crippen LogP contribution in [-0.2, 0) is 4.79 Å². The number of amides is 1. The molecule has 0 aliphatic rings. The van der Waals surface area contributed by atoms with Crippen molar-refractivity contribution in [1.82, 2.24) is 4.98 Å². The van der Waals surface area contributed by atoms with Crippen LogP contribution in [-0.4, -0.2) is 21.9 Å². The Kier molecular flexibility index (Phi) is 5.11. The van der Waals surface area contributed by atoms with Gasteiger partial charge in [-0.15, -0.1) is 0 Å². The lowest BCUT2D eigenvalue weighted by Gasteiger charge is -2.11. The van der Waals surface area contributed by atoms with Gasteiger partial charge in [0.2, 0.25) is 5.91 Å². The van der Waals surface area contributed by atoms with Gasteiger partial charge in [0.05, 0.1) is 21.0 Å². The summed E-state index contributed by atoms with van der Waals surface area (Å²) in [5.74, 6) is -0.335. The van der Waals surface area contributed by atoms with Crippen LogP contribution in [0.2, 0.25) is 5.02 Å². The van der Waals surface area contributed by atoms with Crippen LogP contribution in [0.25, 0.3) is 11.0 Å². The quantitative estimate of drug-likeness (QED) is 0.512. The van der Waals surface area contributed by atoms with Gasteiger partial charge in [-0.3, -0.25) is 9.59 Å². The molecule has 0 aliphatic carbocycles. The molecule has 1 atom stereocenters. The maximum absolute atomic E-state index is 12.6. The second kappa shape index (κ2) is 7.29. The fourth-order valence-corrected chi connectivity index (χ4v) is 3.21. The number of Topliss-reactive ketones (excluding diaryl/α,β-unsaturated/α-hetero) is 1. The average Bonchev–Trinajstić information content (AvgIpc) is 2.96. The van der Waals surface area contributed by atoms with Crippen LogP contribution in [0.4, 0.5) is 5.69 Å². The number of fused-ring (bicyclic) bond motifs is 1. The molecule has 7 heteroatoms. The van der Waals surface area contributed by atoms with Crippen molar-refractivity contribution in [3.63, 3.8) is 0 Å². The lowest BCUT2D eigenvalue weighted by Crippen LogP contribution is -2.23. The summed E-state index contributed by atoms with van der Waals surface area (Å²) in [6.45, 7) is 3.18. The molecule has 1 unspecified atom stereocenters. The second-order valence-electron chi connectivity index (χ2n) is 5.42. The van der Waals surface area contributed by atoms with Crippen molar-refractivity contribution < 1.29 is 14.0 Å². The van der Waals surface area contributed by atoms with Gasteiger partial charge in [-0.05, 0) is 31.2 Å². The van der Waals surface area contributed by atoms with Crippen LogP contribution >= 0.6 is 23.4 Å². The lowest BCUT2D eigenvalue weighted by atomic mass is 10.2. The van der Waals surface area contributed by atoms with Crippen molar-refractivity contribution in [1.29, 1.82) is 0 Å². The Balaban J connectivity index is 1.82. The highest BCUT2D eigenvalue weighted by Crippen LogP contribution is 2.32. The predicted molar refractivity (Wildman–Crippen MR) is 99.4 cm³/mol. The van der Waals surface area contributed by atoms with E-state index in [2.05, 4.69) is 10.3 Å². The summed E-state index contributed by atoms with van der Waals surface area (Å²) in [6, 6.07) is 10.7. The van der Waals surface area contributed by atoms with Gasteiger partial charge in [0.25, 0.3) is 0 Å². The molecule has 0 bridgehead atoms. The van der Waals surface area contributed by atoms with E-state index in [0.717, 1.165) is 0 Å². The molecule has 3 rings (SSSR count). The number of benzene rings is 1. The Bertz CT molecular complexity index is 937. The number of aromatic nitrogens is 1. The molecule has 1 aromatic carbocycles. The first-order chi connectivity index (χ1) is 12.0. The standard InChI is InChI=1S/C18H15ClN2O3S/c1-10(22)17-16(13-5-3-4-6-14(13)24-17)21-18(23)11(2)25-15-8-7-12(19)9-20-15/h3-9,11H,1-2H3,(H,21,23). The van der Waals surface area contributed by atoms with Gasteiger partial charge in [-0.1, -0.05) is 35.5 Å². The van der Waals surface area contributed by atoms with Crippen molar-refractivity contribution in [3.8, 4) is 0 Å². The Morgan fingerprint density at radius 2 is 2.00 bits per heavy atom. The highest BCUT2D eigenvalue weighted by atomic mass is 35.5. The van der Waals surface area contributed by atoms with E-state index in [-0.39, 0.29) is 17.5 Å². The van der Waals surface area contributed by atoms with Crippen molar-refractivity contribution in [2.75, 3.05) is 5.32 Å². The molecule has 0 spiro atoms. The number of pyridine rings is 1. The summed E-state index contributed by atoms with van der Waals surface area (Å²) in [4.78, 5) is 28.6. The van der Waals surface area contributed by atoms with Crippen LogP contribution in [0.5, 0.6) is 0 Å². The number of rotatable bonds is 5. The molecule has 0 saturated heterocycles. The number of nitrogens with zero attached hydrogens (tertiary/aromatic N) is 1. The van der Waals surface area contributed by atoms with Crippen LogP contribution in [0.3, 0.4) is 0 Å². The summed E-state index contributed by atoms with van der Waals surface area (Å²) < 4.78 is 5.57. The first kappa shape index (κ1) is 17.5. The number of thioether (sulfide) groups is 1. The number of ketones is 1. The van der Waals surface area contributed by atoms with Crippen molar-refractivity contribution in [3.05, 3.63) is 53.4 Å². The van der Waals surface area contributed by atoms with Crippen molar-refractivity contribution in [2.24, 2.45) is 0 Å². The summed E-state index contributed by atoms with van der Waals surface area (Å²) in [7, 11) is 0. The van der Waals surface area contributed by atoms with Crippen LogP contribution < -0.4 is 5.32 Å². The molecule has 0 radical (unpaired) electrons. The second-order valence-corrected chi connectivity index (χ2v) is 7.22. The molecule has 2 heterocycles. The molecular weight excluding hydrogens is 360 g/mol. The number of para-hydroxylation sites is 1. The SMILES string of the molecule is CC(=O)c1oc2ccccc2c1NC(=O)C(C)Sc1ccc(Cl)cn1. The number of nitrogens with one attached hydrogen (secondary N) is 1. The molecule has 1 N–H and O–H groups in total. The minimum absolute atomic E-state index is 0.149. The van der Waals surface area contributed by atoms with E-state index in [1.165, 1.54) is 24.9 Å². The third kappa shape index (κ3) is 3.86. The number of anilines is 1. The molecule has 0 fully saturated rings. The first-order valence-corrected chi connectivity index (χ1v) is 8.83. The van der Waals surface area contributed by atoms with E-state index in [9.17, 15) is 9.59 Å². The van der Waals surface area contributed by atoms with E-state index in [4.69, 9.17) is 16.0 Å². The molecule has 2 aromatic heterocycles. The van der Waals surface area contributed by atoms with Crippen LogP contribution in [0, 0.1) is 0 Å². The average molecular weight is 375 g/mol. The van der Waals surface area contributed by atoms with Gasteiger partial charge < -0.3 is 9.73 Å². The number of hydrogen-bond acceptors (Lipinski definition) is 5. The van der Waals surface area contributed by atoms with E-state index in [1.54, 1.807) is 31.2 Å². The maximum atomic E-state index is 12.6. The Morgan fingerprint density at radius 1 is 1.24 bits per heavy atom. The summed E-state index contributed by atoms with van der Waals surface area (Å²) in [6.07, 6.45) is 1.53. The number of carbonyl (C=O) groups excluding carboxylic acids is 2. The highest BCUT2D eigenvalue weighted by Gasteiger charge is 2.22. The fraction of sp³-hybridized carbons (Fsp3) is 0.167. The smallest absolute Gasteiger partial charge is 0.237 e. The zero-order valence-corrected chi connectivity index (χ0v) is 15.1. The van der Waals surface area contributed by atoms with Crippen molar-refractivity contribution in [2.45, 2.75) is 24.1 Å². The van der Waals surface area contributed by atoms with Crippen LogP contribution in [0.1, 0.15) is 24.4 Å². The van der Waals surface area contributed by atoms with E-state index in [0.29, 0.717) is 26.7 Å². The third-order valence-corrected chi connectivity index (χ3v) is 4.80. The van der Waals surface area contributed by atoms with Gasteiger partial charge in [-0.2, -0.15) is 0 Å². The van der Waals surface area contributed by atoms with Crippen LogP contribution in [0.15, 0.2) is 52.0 Å². The number of carbonyl (C=O) groups is 2. The Morgan fingerprint density at radius 3 is 2.68 bits per heavy atom. The van der Waals surface area contributed by atoms with Gasteiger partial charge in [0, 0.05) is 18.5 Å². The van der Waals surface area contributed by atoms with E-state index < -0.39 is 5.25 Å². The van der Waals surface area contributed by atoms with E-state index in [1.807, 2.05) is 12.1 Å². The molecular formula is C18H15ClN2O3S. The summed E-state index contributed by atoms with van der Waals surface area (Å²) in [5.41, 5.74) is 0.965. The highest BCUT2D eigenvalue weighted by molar-refractivity contribution is 8.00. The molecule has 3 aromatic rings. The Labute approximate surface area is 153 Å². The zero-order chi connectivity index (χ0) is 18.0. The van der Waals surface area contributed by atoms with Gasteiger partial charge in [0.1, 0.15) is 5.58 Å². The minimum Gasteiger partial charge on any atom is -0.451 e. The summed E-state index contributed by atoms with van der Waals surface area (Å²) >= 11 is 7.12. The molecule has 1 amide bonds. The molecule has 25 heavy (non-hydrogen) atoms. The summed E-state index contributed by atoms with van der Waals surface area (Å²) in [5, 5.41) is 4.33. The normalized spacial score (nSPS) is 12.1. The predicted octanol–water partition coefficient (Wildman–Crippen LogP) is 4.80. The third-order valence-electron chi connectivity index (χ3n) is 3.53. The Hall–Kier alpha value is -2.31. The zero-order valence-electron chi connectivity index (χ0n) is 13.6. The topological polar surface area (TPSA) is 72.2 Å². The lowest BCUT2D eigenvalue weighted by molar-refractivity contribution is -0.115. The fourth-order valence-electron chi connectivity index (χ4n) is 2.31. The van der Waals surface area contributed by atoms with Gasteiger partial charge in [0.15, 0.2) is 11.5 Å². The molecule has 0 aliphatic heterocycles. The molecule has 0 saturated carbocycles. The first-order valence-electron chi connectivity index (χ1n) is 7.57. The van der Waals surface area contributed by atoms with Gasteiger partial charge in [-0.25, -0.2) is 4.98 Å². The number of hydrogen-bond donors (Lipinski definition) is 1. The number of furan rings is 1. The van der Waals surface area contributed by atoms with E-state index >= 15 is 0 Å². The molecule has 128 valence electrons. The molecule has 5 nitrogen and oxygen atoms in total. The number of halogens is 1. The largest absolute Gasteiger partial charge is 0.451 e. The maximum Gasteiger partial charge on any atom is 0.237 e. The monoisotopic (exact) mass is 374 g/mol. The van der Waals surface area contributed by atoms with Crippen molar-refractivity contribution >= 4 is 51.7 Å². The van der Waals surface area contributed by atoms with Gasteiger partial charge >= 0.3 is 0 Å².